The summed E-state index contributed by atoms with van der Waals surface area (Å²) in [6, 6.07) is 8.57. The second-order valence-corrected chi connectivity index (χ2v) is 4.29. The van der Waals surface area contributed by atoms with Gasteiger partial charge in [-0.1, -0.05) is 18.7 Å². The van der Waals surface area contributed by atoms with Crippen LogP contribution < -0.4 is 10.6 Å². The van der Waals surface area contributed by atoms with E-state index in [1.54, 1.807) is 0 Å². The Hall–Kier alpha value is -1.32. The molecule has 1 aliphatic rings. The fourth-order valence-corrected chi connectivity index (χ4v) is 2.05. The fraction of sp³-hybridized carbons (Fsp3) is 0.429. The maximum atomic E-state index is 5.53. The lowest BCUT2D eigenvalue weighted by Gasteiger charge is -2.29. The summed E-state index contributed by atoms with van der Waals surface area (Å²) in [6.45, 7) is 8.29. The third kappa shape index (κ3) is 3.08. The van der Waals surface area contributed by atoms with Crippen molar-refractivity contribution in [2.75, 3.05) is 37.7 Å². The van der Waals surface area contributed by atoms with Gasteiger partial charge in [0.05, 0.1) is 13.2 Å². The molecule has 2 rings (SSSR count). The van der Waals surface area contributed by atoms with Crippen molar-refractivity contribution >= 4 is 11.3 Å². The van der Waals surface area contributed by atoms with Crippen LogP contribution in [-0.2, 0) is 4.74 Å². The first-order valence-electron chi connectivity index (χ1n) is 6.12. The fourth-order valence-electron chi connectivity index (χ4n) is 2.05. The van der Waals surface area contributed by atoms with Gasteiger partial charge in [-0.05, 0) is 36.2 Å². The Kier molecular flexibility index (Phi) is 4.18. The van der Waals surface area contributed by atoms with E-state index in [1.807, 2.05) is 0 Å². The Balaban J connectivity index is 2.04. The van der Waals surface area contributed by atoms with E-state index < -0.39 is 0 Å². The first-order chi connectivity index (χ1) is 8.31. The van der Waals surface area contributed by atoms with Gasteiger partial charge < -0.3 is 15.4 Å². The molecular weight excluding hydrogens is 212 g/mol. The van der Waals surface area contributed by atoms with Crippen molar-refractivity contribution in [3.63, 3.8) is 0 Å². The van der Waals surface area contributed by atoms with Crippen molar-refractivity contribution in [2.24, 2.45) is 5.73 Å². The van der Waals surface area contributed by atoms with Crippen LogP contribution in [0.2, 0.25) is 0 Å². The zero-order valence-electron chi connectivity index (χ0n) is 10.2. The van der Waals surface area contributed by atoms with Gasteiger partial charge in [-0.2, -0.15) is 0 Å². The topological polar surface area (TPSA) is 38.5 Å². The number of nitrogens with zero attached hydrogens (tertiary/aromatic N) is 1. The summed E-state index contributed by atoms with van der Waals surface area (Å²) < 4.78 is 5.35. The van der Waals surface area contributed by atoms with Gasteiger partial charge in [0.25, 0.3) is 0 Å². The normalized spacial score (nSPS) is 15.9. The molecule has 0 radical (unpaired) electrons. The number of morpholine rings is 1. The van der Waals surface area contributed by atoms with E-state index in [1.165, 1.54) is 11.3 Å². The predicted molar refractivity (Wildman–Crippen MR) is 72.2 cm³/mol. The van der Waals surface area contributed by atoms with Gasteiger partial charge in [0.2, 0.25) is 0 Å². The molecule has 0 spiro atoms. The number of hydrogen-bond acceptors (Lipinski definition) is 3. The first-order valence-corrected chi connectivity index (χ1v) is 6.12. The molecule has 0 aromatic heterocycles. The molecule has 92 valence electrons. The van der Waals surface area contributed by atoms with Crippen LogP contribution in [0.3, 0.4) is 0 Å². The molecule has 1 saturated heterocycles. The Morgan fingerprint density at radius 1 is 1.24 bits per heavy atom. The van der Waals surface area contributed by atoms with Gasteiger partial charge in [-0.15, -0.1) is 0 Å². The summed E-state index contributed by atoms with van der Waals surface area (Å²) in [4.78, 5) is 2.35. The highest BCUT2D eigenvalue weighted by Gasteiger charge is 2.10. The van der Waals surface area contributed by atoms with Crippen LogP contribution in [0.25, 0.3) is 5.57 Å². The quantitative estimate of drug-likeness (QED) is 0.861. The summed E-state index contributed by atoms with van der Waals surface area (Å²) in [5.41, 5.74) is 9.09. The van der Waals surface area contributed by atoms with Crippen molar-refractivity contribution in [3.8, 4) is 0 Å². The van der Waals surface area contributed by atoms with Crippen LogP contribution in [0.15, 0.2) is 30.8 Å². The van der Waals surface area contributed by atoms with E-state index in [0.29, 0.717) is 6.54 Å². The second-order valence-electron chi connectivity index (χ2n) is 4.29. The number of nitrogens with two attached hydrogens (primary N) is 1. The van der Waals surface area contributed by atoms with Gasteiger partial charge in [-0.3, -0.25) is 0 Å². The monoisotopic (exact) mass is 232 g/mol. The molecule has 1 aromatic rings. The minimum Gasteiger partial charge on any atom is -0.378 e. The molecule has 0 amide bonds. The van der Waals surface area contributed by atoms with Crippen molar-refractivity contribution in [1.29, 1.82) is 0 Å². The molecule has 3 nitrogen and oxygen atoms in total. The van der Waals surface area contributed by atoms with E-state index in [9.17, 15) is 0 Å². The third-order valence-corrected chi connectivity index (χ3v) is 3.10. The average Bonchev–Trinajstić information content (AvgIpc) is 2.40. The lowest BCUT2D eigenvalue weighted by Crippen LogP contribution is -2.36. The number of hydrogen-bond donors (Lipinski definition) is 1. The van der Waals surface area contributed by atoms with Gasteiger partial charge in [0.15, 0.2) is 0 Å². The highest BCUT2D eigenvalue weighted by molar-refractivity contribution is 5.65. The zero-order chi connectivity index (χ0) is 12.1. The largest absolute Gasteiger partial charge is 0.378 e. The van der Waals surface area contributed by atoms with Crippen molar-refractivity contribution in [3.05, 3.63) is 36.4 Å². The first kappa shape index (κ1) is 12.1. The van der Waals surface area contributed by atoms with Crippen LogP contribution in [0.5, 0.6) is 0 Å². The summed E-state index contributed by atoms with van der Waals surface area (Å²) >= 11 is 0. The molecule has 0 saturated carbocycles. The molecular formula is C14H20N2O. The Morgan fingerprint density at radius 3 is 2.47 bits per heavy atom. The second kappa shape index (κ2) is 5.84. The van der Waals surface area contributed by atoms with Crippen LogP contribution in [0, 0.1) is 0 Å². The van der Waals surface area contributed by atoms with Crippen molar-refractivity contribution in [1.82, 2.24) is 0 Å². The number of anilines is 1. The molecule has 0 bridgehead atoms. The van der Waals surface area contributed by atoms with Crippen LogP contribution in [0.4, 0.5) is 5.69 Å². The van der Waals surface area contributed by atoms with Crippen LogP contribution in [-0.4, -0.2) is 32.8 Å². The van der Waals surface area contributed by atoms with E-state index >= 15 is 0 Å². The standard InChI is InChI=1S/C14H20N2O/c1-12(6-7-15)13-2-4-14(5-3-13)16-8-10-17-11-9-16/h2-5H,1,6-11,15H2. The summed E-state index contributed by atoms with van der Waals surface area (Å²) in [7, 11) is 0. The lowest BCUT2D eigenvalue weighted by atomic mass is 10.0. The van der Waals surface area contributed by atoms with Crippen LogP contribution >= 0.6 is 0 Å². The zero-order valence-corrected chi connectivity index (χ0v) is 10.2. The lowest BCUT2D eigenvalue weighted by molar-refractivity contribution is 0.122. The molecule has 2 N–H and O–H groups in total. The Morgan fingerprint density at radius 2 is 1.88 bits per heavy atom. The molecule has 0 atom stereocenters. The van der Waals surface area contributed by atoms with Crippen LogP contribution in [0.1, 0.15) is 12.0 Å². The van der Waals surface area contributed by atoms with Gasteiger partial charge in [0.1, 0.15) is 0 Å². The summed E-state index contributed by atoms with van der Waals surface area (Å²) in [5.74, 6) is 0. The summed E-state index contributed by atoms with van der Waals surface area (Å²) in [5, 5.41) is 0. The Labute approximate surface area is 103 Å². The maximum absolute atomic E-state index is 5.53. The van der Waals surface area contributed by atoms with E-state index in [2.05, 4.69) is 35.7 Å². The van der Waals surface area contributed by atoms with E-state index in [-0.39, 0.29) is 0 Å². The Bertz CT molecular complexity index is 366. The van der Waals surface area contributed by atoms with Gasteiger partial charge >= 0.3 is 0 Å². The number of ether oxygens (including phenoxy) is 1. The molecule has 17 heavy (non-hydrogen) atoms. The van der Waals surface area contributed by atoms with E-state index in [0.717, 1.165) is 38.3 Å². The maximum Gasteiger partial charge on any atom is 0.0642 e. The predicted octanol–water partition coefficient (Wildman–Crippen LogP) is 1.89. The molecule has 3 heteroatoms. The van der Waals surface area contributed by atoms with Crippen molar-refractivity contribution < 1.29 is 4.74 Å². The molecule has 1 heterocycles. The number of rotatable bonds is 4. The SMILES string of the molecule is C=C(CCN)c1ccc(N2CCOCC2)cc1. The molecule has 0 aliphatic carbocycles. The van der Waals surface area contributed by atoms with E-state index in [4.69, 9.17) is 10.5 Å². The van der Waals surface area contributed by atoms with Gasteiger partial charge in [-0.25, -0.2) is 0 Å². The molecule has 1 aromatic carbocycles. The number of benzene rings is 1. The smallest absolute Gasteiger partial charge is 0.0642 e. The highest BCUT2D eigenvalue weighted by atomic mass is 16.5. The average molecular weight is 232 g/mol. The summed E-state index contributed by atoms with van der Waals surface area (Å²) in [6.07, 6.45) is 0.858. The molecule has 1 aliphatic heterocycles. The molecule has 1 fully saturated rings. The van der Waals surface area contributed by atoms with Gasteiger partial charge in [0, 0.05) is 18.8 Å². The van der Waals surface area contributed by atoms with Crippen molar-refractivity contribution in [2.45, 2.75) is 6.42 Å². The highest BCUT2D eigenvalue weighted by Crippen LogP contribution is 2.21. The minimum absolute atomic E-state index is 0.657. The minimum atomic E-state index is 0.657. The third-order valence-electron chi connectivity index (χ3n) is 3.10. The molecule has 0 unspecified atom stereocenters.